The molecule has 6 heteroatoms. The van der Waals surface area contributed by atoms with Crippen molar-refractivity contribution in [3.63, 3.8) is 0 Å². The smallest absolute Gasteiger partial charge is 0.317 e. The van der Waals surface area contributed by atoms with Crippen LogP contribution < -0.4 is 10.6 Å². The van der Waals surface area contributed by atoms with E-state index < -0.39 is 0 Å². The average Bonchev–Trinajstić information content (AvgIpc) is 2.65. The molecule has 0 aromatic heterocycles. The fourth-order valence-electron chi connectivity index (χ4n) is 3.45. The quantitative estimate of drug-likeness (QED) is 0.722. The Kier molecular flexibility index (Phi) is 8.42. The highest BCUT2D eigenvalue weighted by atomic mass is 35.5. The number of rotatable bonds is 7. The van der Waals surface area contributed by atoms with E-state index in [0.29, 0.717) is 30.5 Å². The lowest BCUT2D eigenvalue weighted by Crippen LogP contribution is -2.47. The molecule has 1 fully saturated rings. The van der Waals surface area contributed by atoms with Gasteiger partial charge in [0.1, 0.15) is 0 Å². The zero-order valence-electron chi connectivity index (χ0n) is 16.6. The number of nitrogens with one attached hydrogen (secondary N) is 2. The Morgan fingerprint density at radius 3 is 2.59 bits per heavy atom. The van der Waals surface area contributed by atoms with Gasteiger partial charge in [-0.15, -0.1) is 0 Å². The molecule has 3 amide bonds. The maximum absolute atomic E-state index is 12.6. The molecule has 2 atom stereocenters. The Morgan fingerprint density at radius 2 is 1.96 bits per heavy atom. The number of halogens is 1. The summed E-state index contributed by atoms with van der Waals surface area (Å²) in [6.07, 6.45) is 3.21. The lowest BCUT2D eigenvalue weighted by atomic mass is 9.94. The van der Waals surface area contributed by atoms with Crippen LogP contribution in [0.25, 0.3) is 0 Å². The zero-order valence-corrected chi connectivity index (χ0v) is 17.4. The van der Waals surface area contributed by atoms with Crippen molar-refractivity contribution in [2.75, 3.05) is 19.6 Å². The zero-order chi connectivity index (χ0) is 19.8. The van der Waals surface area contributed by atoms with Crippen LogP contribution in [0.2, 0.25) is 5.02 Å². The van der Waals surface area contributed by atoms with Gasteiger partial charge in [0.15, 0.2) is 0 Å². The van der Waals surface area contributed by atoms with E-state index in [4.69, 9.17) is 11.6 Å². The molecule has 1 aliphatic heterocycles. The molecule has 0 aliphatic carbocycles. The molecule has 1 saturated heterocycles. The molecule has 1 heterocycles. The average molecular weight is 394 g/mol. The van der Waals surface area contributed by atoms with Crippen molar-refractivity contribution >= 4 is 23.5 Å². The second-order valence-electron chi connectivity index (χ2n) is 7.82. The van der Waals surface area contributed by atoms with Gasteiger partial charge in [-0.05, 0) is 48.8 Å². The number of hydrogen-bond acceptors (Lipinski definition) is 2. The normalized spacial score (nSPS) is 18.3. The lowest BCUT2D eigenvalue weighted by Gasteiger charge is -2.33. The van der Waals surface area contributed by atoms with Crippen LogP contribution in [-0.2, 0) is 4.79 Å². The maximum atomic E-state index is 12.6. The van der Waals surface area contributed by atoms with E-state index in [1.807, 2.05) is 29.2 Å². The number of urea groups is 1. The first kappa shape index (κ1) is 21.5. The number of likely N-dealkylation sites (tertiary alicyclic amines) is 1. The third kappa shape index (κ3) is 7.06. The summed E-state index contributed by atoms with van der Waals surface area (Å²) in [6, 6.07) is 7.59. The summed E-state index contributed by atoms with van der Waals surface area (Å²) in [5.41, 5.74) is 1.06. The third-order valence-electron chi connectivity index (χ3n) is 4.96. The van der Waals surface area contributed by atoms with Crippen LogP contribution in [0, 0.1) is 11.8 Å². The van der Waals surface area contributed by atoms with Crippen molar-refractivity contribution in [3.8, 4) is 0 Å². The van der Waals surface area contributed by atoms with Crippen LogP contribution in [0.1, 0.15) is 58.1 Å². The largest absolute Gasteiger partial charge is 0.349 e. The summed E-state index contributed by atoms with van der Waals surface area (Å²) >= 11 is 5.95. The van der Waals surface area contributed by atoms with E-state index in [0.717, 1.165) is 31.4 Å². The van der Waals surface area contributed by atoms with Gasteiger partial charge in [0.25, 0.3) is 0 Å². The van der Waals surface area contributed by atoms with Crippen LogP contribution in [0.4, 0.5) is 4.79 Å². The van der Waals surface area contributed by atoms with Gasteiger partial charge in [-0.25, -0.2) is 4.79 Å². The number of nitrogens with zero attached hydrogens (tertiary/aromatic N) is 1. The minimum Gasteiger partial charge on any atom is -0.349 e. The van der Waals surface area contributed by atoms with Gasteiger partial charge in [0.05, 0.1) is 6.04 Å². The Bertz CT molecular complexity index is 618. The van der Waals surface area contributed by atoms with E-state index in [1.165, 1.54) is 0 Å². The fourth-order valence-corrected chi connectivity index (χ4v) is 3.58. The van der Waals surface area contributed by atoms with Gasteiger partial charge in [0, 0.05) is 31.1 Å². The van der Waals surface area contributed by atoms with Crippen LogP contribution in [-0.4, -0.2) is 36.5 Å². The van der Waals surface area contributed by atoms with E-state index in [-0.39, 0.29) is 23.9 Å². The number of amides is 3. The number of piperidine rings is 1. The van der Waals surface area contributed by atoms with Gasteiger partial charge in [-0.3, -0.25) is 4.79 Å². The second-order valence-corrected chi connectivity index (χ2v) is 8.25. The molecule has 27 heavy (non-hydrogen) atoms. The number of carbonyl (C=O) groups is 2. The van der Waals surface area contributed by atoms with E-state index in [9.17, 15) is 9.59 Å². The van der Waals surface area contributed by atoms with Gasteiger partial charge < -0.3 is 15.5 Å². The first-order valence-electron chi connectivity index (χ1n) is 9.96. The molecule has 1 aromatic carbocycles. The van der Waals surface area contributed by atoms with Crippen molar-refractivity contribution < 1.29 is 9.59 Å². The highest BCUT2D eigenvalue weighted by molar-refractivity contribution is 6.30. The maximum Gasteiger partial charge on any atom is 0.317 e. The van der Waals surface area contributed by atoms with Crippen molar-refractivity contribution in [2.45, 2.75) is 52.5 Å². The summed E-state index contributed by atoms with van der Waals surface area (Å²) < 4.78 is 0. The topological polar surface area (TPSA) is 61.4 Å². The van der Waals surface area contributed by atoms with E-state index >= 15 is 0 Å². The number of benzene rings is 1. The number of carbonyl (C=O) groups excluding carboxylic acids is 2. The highest BCUT2D eigenvalue weighted by Crippen LogP contribution is 2.22. The summed E-state index contributed by atoms with van der Waals surface area (Å²) in [6.45, 7) is 8.31. The summed E-state index contributed by atoms with van der Waals surface area (Å²) in [5, 5.41) is 6.79. The monoisotopic (exact) mass is 393 g/mol. The molecule has 0 spiro atoms. The molecule has 0 radical (unpaired) electrons. The molecular formula is C21H32ClN3O2. The molecule has 0 bridgehead atoms. The summed E-state index contributed by atoms with van der Waals surface area (Å²) in [5.74, 6) is 0.691. The molecule has 0 unspecified atom stereocenters. The Morgan fingerprint density at radius 1 is 1.26 bits per heavy atom. The molecule has 2 rings (SSSR count). The highest BCUT2D eigenvalue weighted by Gasteiger charge is 2.26. The third-order valence-corrected chi connectivity index (χ3v) is 5.21. The van der Waals surface area contributed by atoms with Crippen LogP contribution in [0.3, 0.4) is 0 Å². The van der Waals surface area contributed by atoms with Crippen molar-refractivity contribution in [3.05, 3.63) is 34.9 Å². The number of hydrogen-bond donors (Lipinski definition) is 2. The minimum absolute atomic E-state index is 0.0104. The Balaban J connectivity index is 1.85. The van der Waals surface area contributed by atoms with E-state index in [1.54, 1.807) is 0 Å². The predicted octanol–water partition coefficient (Wildman–Crippen LogP) is 4.38. The van der Waals surface area contributed by atoms with Gasteiger partial charge in [-0.1, -0.05) is 44.5 Å². The van der Waals surface area contributed by atoms with Crippen molar-refractivity contribution in [2.24, 2.45) is 11.8 Å². The molecule has 150 valence electrons. The molecule has 1 aromatic rings. The van der Waals surface area contributed by atoms with E-state index in [2.05, 4.69) is 31.4 Å². The van der Waals surface area contributed by atoms with Crippen LogP contribution in [0.15, 0.2) is 24.3 Å². The first-order valence-corrected chi connectivity index (χ1v) is 10.3. The second kappa shape index (κ2) is 10.5. The predicted molar refractivity (Wildman–Crippen MR) is 110 cm³/mol. The minimum atomic E-state index is -0.0126. The standard InChI is InChI=1S/C21H32ClN3O2/c1-4-19(17-7-9-18(22)10-8-17)24-20(26)12-16-6-5-11-25(14-16)21(27)23-13-15(2)3/h7-10,15-16,19H,4-6,11-14H2,1-3H3,(H,23,27)(H,24,26)/t16-,19+/m0/s1. The first-order chi connectivity index (χ1) is 12.9. The molecule has 2 N–H and O–H groups in total. The van der Waals surface area contributed by atoms with Gasteiger partial charge >= 0.3 is 6.03 Å². The van der Waals surface area contributed by atoms with Crippen LogP contribution in [0.5, 0.6) is 0 Å². The molecule has 1 aliphatic rings. The van der Waals surface area contributed by atoms with Crippen molar-refractivity contribution in [1.29, 1.82) is 0 Å². The molecule has 5 nitrogen and oxygen atoms in total. The SMILES string of the molecule is CC[C@@H](NC(=O)C[C@@H]1CCCN(C(=O)NCC(C)C)C1)c1ccc(Cl)cc1. The summed E-state index contributed by atoms with van der Waals surface area (Å²) in [7, 11) is 0. The summed E-state index contributed by atoms with van der Waals surface area (Å²) in [4.78, 5) is 26.7. The molecule has 0 saturated carbocycles. The fraction of sp³-hybridized carbons (Fsp3) is 0.619. The Labute approximate surface area is 167 Å². The van der Waals surface area contributed by atoms with Crippen LogP contribution >= 0.6 is 11.6 Å². The van der Waals surface area contributed by atoms with Crippen molar-refractivity contribution in [1.82, 2.24) is 15.5 Å². The lowest BCUT2D eigenvalue weighted by molar-refractivity contribution is -0.123. The molecular weight excluding hydrogens is 362 g/mol. The van der Waals surface area contributed by atoms with Gasteiger partial charge in [0.2, 0.25) is 5.91 Å². The van der Waals surface area contributed by atoms with Gasteiger partial charge in [-0.2, -0.15) is 0 Å². The Hall–Kier alpha value is -1.75.